The Labute approximate surface area is 206 Å². The predicted molar refractivity (Wildman–Crippen MR) is 139 cm³/mol. The van der Waals surface area contributed by atoms with Gasteiger partial charge in [-0.2, -0.15) is 5.26 Å². The number of aromatic nitrogens is 2. The molecule has 0 aliphatic heterocycles. The smallest absolute Gasteiger partial charge is 0.266 e. The second-order valence-corrected chi connectivity index (χ2v) is 9.56. The second kappa shape index (κ2) is 10.6. The van der Waals surface area contributed by atoms with Crippen LogP contribution in [-0.2, 0) is 4.79 Å². The van der Waals surface area contributed by atoms with Crippen LogP contribution >= 0.6 is 23.5 Å². The minimum absolute atomic E-state index is 0.0763. The fourth-order valence-corrected chi connectivity index (χ4v) is 4.91. The lowest BCUT2D eigenvalue weighted by Gasteiger charge is -2.15. The molecule has 0 unspecified atom stereocenters. The van der Waals surface area contributed by atoms with E-state index in [1.165, 1.54) is 23.5 Å². The van der Waals surface area contributed by atoms with Crippen LogP contribution in [0.2, 0.25) is 0 Å². The lowest BCUT2D eigenvalue weighted by atomic mass is 10.1. The molecule has 0 spiro atoms. The Balaban J connectivity index is 1.64. The van der Waals surface area contributed by atoms with E-state index in [4.69, 9.17) is 10.2 Å². The Morgan fingerprint density at radius 1 is 1.03 bits per heavy atom. The van der Waals surface area contributed by atoms with Crippen LogP contribution in [0.4, 0.5) is 5.69 Å². The molecule has 1 N–H and O–H groups in total. The summed E-state index contributed by atoms with van der Waals surface area (Å²) < 4.78 is 1.57. The third-order valence-electron chi connectivity index (χ3n) is 5.28. The van der Waals surface area contributed by atoms with Crippen LogP contribution < -0.4 is 10.9 Å². The number of fused-ring (bicyclic) bond motifs is 1. The number of hydrogen-bond donors (Lipinski definition) is 1. The molecule has 1 aromatic heterocycles. The summed E-state index contributed by atoms with van der Waals surface area (Å²) in [6.45, 7) is 4.02. The number of carbonyl (C=O) groups excluding carboxylic acids is 1. The Morgan fingerprint density at radius 3 is 2.59 bits per heavy atom. The van der Waals surface area contributed by atoms with Crippen LogP contribution in [0, 0.1) is 25.2 Å². The van der Waals surface area contributed by atoms with Crippen LogP contribution in [-0.4, -0.2) is 27.0 Å². The first-order chi connectivity index (χ1) is 16.5. The van der Waals surface area contributed by atoms with E-state index >= 15 is 0 Å². The van der Waals surface area contributed by atoms with Crippen LogP contribution in [0.3, 0.4) is 0 Å². The molecule has 0 radical (unpaired) electrons. The van der Waals surface area contributed by atoms with Gasteiger partial charge in [-0.25, -0.2) is 4.98 Å². The van der Waals surface area contributed by atoms with E-state index in [2.05, 4.69) is 11.4 Å². The zero-order chi connectivity index (χ0) is 24.1. The minimum atomic E-state index is -0.218. The van der Waals surface area contributed by atoms with Gasteiger partial charge in [0, 0.05) is 4.90 Å². The quantitative estimate of drug-likeness (QED) is 0.280. The second-order valence-electron chi connectivity index (χ2n) is 7.60. The highest BCUT2D eigenvalue weighted by Crippen LogP contribution is 2.27. The monoisotopic (exact) mass is 486 g/mol. The van der Waals surface area contributed by atoms with Gasteiger partial charge >= 0.3 is 0 Å². The highest BCUT2D eigenvalue weighted by atomic mass is 32.2. The summed E-state index contributed by atoms with van der Waals surface area (Å²) >= 11 is 2.58. The molecule has 170 valence electrons. The van der Waals surface area contributed by atoms with E-state index in [0.717, 1.165) is 16.0 Å². The van der Waals surface area contributed by atoms with Crippen molar-refractivity contribution >= 4 is 46.0 Å². The molecule has 1 heterocycles. The van der Waals surface area contributed by atoms with Gasteiger partial charge in [0.05, 0.1) is 39.9 Å². The summed E-state index contributed by atoms with van der Waals surface area (Å²) in [5, 5.41) is 12.8. The summed E-state index contributed by atoms with van der Waals surface area (Å²) in [4.78, 5) is 31.7. The number of thioether (sulfide) groups is 2. The maximum atomic E-state index is 13.4. The molecule has 4 aromatic rings. The van der Waals surface area contributed by atoms with E-state index in [0.29, 0.717) is 33.2 Å². The Bertz CT molecular complexity index is 1470. The maximum Gasteiger partial charge on any atom is 0.266 e. The van der Waals surface area contributed by atoms with Crippen molar-refractivity contribution in [1.82, 2.24) is 9.55 Å². The van der Waals surface area contributed by atoms with Crippen molar-refractivity contribution in [1.29, 1.82) is 5.26 Å². The third kappa shape index (κ3) is 5.16. The van der Waals surface area contributed by atoms with Crippen molar-refractivity contribution in [2.45, 2.75) is 23.9 Å². The van der Waals surface area contributed by atoms with Gasteiger partial charge in [0.2, 0.25) is 5.91 Å². The molecule has 0 saturated carbocycles. The highest BCUT2D eigenvalue weighted by Gasteiger charge is 2.16. The summed E-state index contributed by atoms with van der Waals surface area (Å²) in [6, 6.07) is 22.5. The largest absolute Gasteiger partial charge is 0.324 e. The molecular formula is C26H22N4O2S2. The highest BCUT2D eigenvalue weighted by molar-refractivity contribution is 8.00. The SMILES string of the molecule is Cc1ccc(-n2c(SCC(=O)Nc3ccccc3SCC#N)nc3ccccc3c2=O)cc1C. The molecule has 3 aromatic carbocycles. The Morgan fingerprint density at radius 2 is 1.79 bits per heavy atom. The zero-order valence-electron chi connectivity index (χ0n) is 18.7. The summed E-state index contributed by atoms with van der Waals surface area (Å²) in [7, 11) is 0. The molecule has 0 aliphatic rings. The molecule has 1 amide bonds. The minimum Gasteiger partial charge on any atom is -0.324 e. The van der Waals surface area contributed by atoms with Gasteiger partial charge in [0.15, 0.2) is 5.16 Å². The lowest BCUT2D eigenvalue weighted by molar-refractivity contribution is -0.113. The number of benzene rings is 3. The van der Waals surface area contributed by atoms with Crippen molar-refractivity contribution in [3.8, 4) is 11.8 Å². The van der Waals surface area contributed by atoms with E-state index in [-0.39, 0.29) is 17.2 Å². The topological polar surface area (TPSA) is 87.8 Å². The van der Waals surface area contributed by atoms with Crippen LogP contribution in [0.25, 0.3) is 16.6 Å². The van der Waals surface area contributed by atoms with Gasteiger partial charge in [0.25, 0.3) is 5.56 Å². The van der Waals surface area contributed by atoms with Gasteiger partial charge in [-0.1, -0.05) is 42.1 Å². The summed E-state index contributed by atoms with van der Waals surface area (Å²) in [5.74, 6) is 0.154. The molecule has 0 saturated heterocycles. The zero-order valence-corrected chi connectivity index (χ0v) is 20.4. The van der Waals surface area contributed by atoms with Crippen molar-refractivity contribution in [2.75, 3.05) is 16.8 Å². The standard InChI is InChI=1S/C26H22N4O2S2/c1-17-11-12-19(15-18(17)2)30-25(32)20-7-3-4-8-21(20)29-26(30)34-16-24(31)28-22-9-5-6-10-23(22)33-14-13-27/h3-12,15H,14,16H2,1-2H3,(H,28,31). The fourth-order valence-electron chi connectivity index (χ4n) is 3.42. The number of anilines is 1. The average Bonchev–Trinajstić information content (AvgIpc) is 2.84. The van der Waals surface area contributed by atoms with Gasteiger partial charge in [-0.05, 0) is 61.4 Å². The van der Waals surface area contributed by atoms with Crippen LogP contribution in [0.15, 0.2) is 81.6 Å². The Kier molecular flexibility index (Phi) is 7.36. The van der Waals surface area contributed by atoms with Crippen molar-refractivity contribution < 1.29 is 4.79 Å². The van der Waals surface area contributed by atoms with E-state index in [9.17, 15) is 9.59 Å². The van der Waals surface area contributed by atoms with Gasteiger partial charge < -0.3 is 5.32 Å². The number of hydrogen-bond acceptors (Lipinski definition) is 6. The number of carbonyl (C=O) groups is 1. The first kappa shape index (κ1) is 23.6. The maximum absolute atomic E-state index is 13.4. The predicted octanol–water partition coefficient (Wildman–Crippen LogP) is 5.35. The number of amides is 1. The van der Waals surface area contributed by atoms with Crippen molar-refractivity contribution in [2.24, 2.45) is 0 Å². The lowest BCUT2D eigenvalue weighted by Crippen LogP contribution is -2.23. The number of rotatable bonds is 7. The summed E-state index contributed by atoms with van der Waals surface area (Å²) in [6.07, 6.45) is 0. The van der Waals surface area contributed by atoms with Gasteiger partial charge in [-0.15, -0.1) is 11.8 Å². The Hall–Kier alpha value is -3.54. The first-order valence-corrected chi connectivity index (χ1v) is 12.6. The van der Waals surface area contributed by atoms with Crippen molar-refractivity contribution in [3.63, 3.8) is 0 Å². The molecule has 6 nitrogen and oxygen atoms in total. The van der Waals surface area contributed by atoms with E-state index < -0.39 is 0 Å². The normalized spacial score (nSPS) is 10.7. The molecule has 0 aliphatic carbocycles. The molecule has 8 heteroatoms. The van der Waals surface area contributed by atoms with Gasteiger partial charge in [0.1, 0.15) is 0 Å². The first-order valence-electron chi connectivity index (χ1n) is 10.6. The molecule has 0 atom stereocenters. The van der Waals surface area contributed by atoms with Crippen molar-refractivity contribution in [3.05, 3.63) is 88.2 Å². The van der Waals surface area contributed by atoms with Crippen LogP contribution in [0.5, 0.6) is 0 Å². The number of nitrogens with one attached hydrogen (secondary N) is 1. The molecule has 34 heavy (non-hydrogen) atoms. The summed E-state index contributed by atoms with van der Waals surface area (Å²) in [5.41, 5.74) is 3.99. The number of nitriles is 1. The van der Waals surface area contributed by atoms with Gasteiger partial charge in [-0.3, -0.25) is 14.2 Å². The number of nitrogens with zero attached hydrogens (tertiary/aromatic N) is 3. The van der Waals surface area contributed by atoms with E-state index in [1.807, 2.05) is 68.4 Å². The fraction of sp³-hybridized carbons (Fsp3) is 0.154. The molecule has 0 fully saturated rings. The third-order valence-corrected chi connectivity index (χ3v) is 7.16. The average molecular weight is 487 g/mol. The molecular weight excluding hydrogens is 464 g/mol. The van der Waals surface area contributed by atoms with Crippen LogP contribution in [0.1, 0.15) is 11.1 Å². The number of aryl methyl sites for hydroxylation is 2. The van der Waals surface area contributed by atoms with E-state index in [1.54, 1.807) is 16.7 Å². The molecule has 4 rings (SSSR count). The number of para-hydroxylation sites is 2. The molecule has 0 bridgehead atoms.